The molecule has 0 radical (unpaired) electrons. The van der Waals surface area contributed by atoms with Crippen molar-refractivity contribution < 1.29 is 71.5 Å². The third-order valence-electron chi connectivity index (χ3n) is 4.57. The second kappa shape index (κ2) is 13.5. The summed E-state index contributed by atoms with van der Waals surface area (Å²) in [4.78, 5) is 83.4. The van der Waals surface area contributed by atoms with Crippen LogP contribution in [0.25, 0.3) is 0 Å². The standard InChI is InChI=1S/C22H30O15/c1-10(23)30-8-17-19(33-13(4)26)20(34-14(5)27)21(35-15(6)28)22(37-17,36-16(7)29)18(32-12(3)25)9-31-11(2)24/h17-21H,8-9H2,1-7H3. The van der Waals surface area contributed by atoms with Crippen LogP contribution in [-0.4, -0.2) is 91.3 Å². The Balaban J connectivity index is 3.94. The number of ether oxygens (including phenoxy) is 8. The molecule has 6 atom stereocenters. The second-order valence-electron chi connectivity index (χ2n) is 7.85. The van der Waals surface area contributed by atoms with Crippen molar-refractivity contribution in [1.82, 2.24) is 0 Å². The minimum Gasteiger partial charge on any atom is -0.463 e. The van der Waals surface area contributed by atoms with Gasteiger partial charge in [0.1, 0.15) is 19.3 Å². The molecule has 0 aromatic rings. The maximum absolute atomic E-state index is 12.3. The topological polar surface area (TPSA) is 193 Å². The zero-order valence-electron chi connectivity index (χ0n) is 21.4. The smallest absolute Gasteiger partial charge is 0.305 e. The normalized spacial score (nSPS) is 25.5. The molecule has 0 saturated carbocycles. The fourth-order valence-electron chi connectivity index (χ4n) is 3.55. The Morgan fingerprint density at radius 3 is 1.59 bits per heavy atom. The van der Waals surface area contributed by atoms with Crippen LogP contribution in [0.15, 0.2) is 0 Å². The summed E-state index contributed by atoms with van der Waals surface area (Å²) < 4.78 is 42.4. The first-order chi connectivity index (χ1) is 17.1. The number of esters is 7. The number of hydrogen-bond acceptors (Lipinski definition) is 15. The van der Waals surface area contributed by atoms with Gasteiger partial charge < -0.3 is 37.9 Å². The summed E-state index contributed by atoms with van der Waals surface area (Å²) >= 11 is 0. The summed E-state index contributed by atoms with van der Waals surface area (Å²) in [6.07, 6.45) is -8.65. The fourth-order valence-corrected chi connectivity index (χ4v) is 3.55. The van der Waals surface area contributed by atoms with E-state index in [-0.39, 0.29) is 0 Å². The summed E-state index contributed by atoms with van der Waals surface area (Å²) in [5.41, 5.74) is 0. The summed E-state index contributed by atoms with van der Waals surface area (Å²) in [6, 6.07) is 0. The van der Waals surface area contributed by atoms with Crippen LogP contribution in [0.4, 0.5) is 0 Å². The van der Waals surface area contributed by atoms with Gasteiger partial charge in [0.2, 0.25) is 12.2 Å². The second-order valence-corrected chi connectivity index (χ2v) is 7.85. The Labute approximate surface area is 211 Å². The average molecular weight is 534 g/mol. The lowest BCUT2D eigenvalue weighted by molar-refractivity contribution is -0.380. The molecule has 1 fully saturated rings. The van der Waals surface area contributed by atoms with E-state index < -0.39 is 91.3 Å². The van der Waals surface area contributed by atoms with Crippen LogP contribution in [0.2, 0.25) is 0 Å². The molecule has 0 aromatic heterocycles. The minimum atomic E-state index is -2.65. The first-order valence-electron chi connectivity index (χ1n) is 10.9. The van der Waals surface area contributed by atoms with E-state index in [0.29, 0.717) is 0 Å². The highest BCUT2D eigenvalue weighted by Crippen LogP contribution is 2.40. The van der Waals surface area contributed by atoms with Crippen LogP contribution in [-0.2, 0) is 71.5 Å². The van der Waals surface area contributed by atoms with Crippen molar-refractivity contribution in [1.29, 1.82) is 0 Å². The van der Waals surface area contributed by atoms with Gasteiger partial charge in [-0.05, 0) is 0 Å². The zero-order chi connectivity index (χ0) is 28.5. The average Bonchev–Trinajstić information content (AvgIpc) is 2.72. The van der Waals surface area contributed by atoms with Gasteiger partial charge in [0, 0.05) is 48.5 Å². The van der Waals surface area contributed by atoms with Gasteiger partial charge in [-0.15, -0.1) is 0 Å². The lowest BCUT2D eigenvalue weighted by atomic mass is 9.88. The van der Waals surface area contributed by atoms with E-state index in [1.165, 1.54) is 0 Å². The highest BCUT2D eigenvalue weighted by atomic mass is 16.8. The molecule has 1 heterocycles. The molecule has 15 heteroatoms. The van der Waals surface area contributed by atoms with E-state index in [4.69, 9.17) is 37.9 Å². The third kappa shape index (κ3) is 9.33. The molecule has 1 aliphatic rings. The molecule has 0 spiro atoms. The lowest BCUT2D eigenvalue weighted by Gasteiger charge is -2.51. The van der Waals surface area contributed by atoms with E-state index in [0.717, 1.165) is 48.5 Å². The molecule has 1 saturated heterocycles. The molecule has 0 aromatic carbocycles. The Morgan fingerprint density at radius 1 is 0.649 bits per heavy atom. The molecular weight excluding hydrogens is 504 g/mol. The van der Waals surface area contributed by atoms with Crippen molar-refractivity contribution in [3.8, 4) is 0 Å². The Bertz CT molecular complexity index is 912. The van der Waals surface area contributed by atoms with Gasteiger partial charge in [-0.25, -0.2) is 0 Å². The summed E-state index contributed by atoms with van der Waals surface area (Å²) in [7, 11) is 0. The first-order valence-corrected chi connectivity index (χ1v) is 10.9. The molecule has 1 aliphatic heterocycles. The van der Waals surface area contributed by atoms with Crippen LogP contribution >= 0.6 is 0 Å². The lowest BCUT2D eigenvalue weighted by Crippen LogP contribution is -2.73. The predicted octanol–water partition coefficient (Wildman–Crippen LogP) is -0.502. The van der Waals surface area contributed by atoms with Crippen molar-refractivity contribution in [3.63, 3.8) is 0 Å². The van der Waals surface area contributed by atoms with Crippen molar-refractivity contribution in [2.45, 2.75) is 84.8 Å². The van der Waals surface area contributed by atoms with Crippen molar-refractivity contribution in [2.24, 2.45) is 0 Å². The zero-order valence-corrected chi connectivity index (χ0v) is 21.4. The molecule has 15 nitrogen and oxygen atoms in total. The highest BCUT2D eigenvalue weighted by Gasteiger charge is 2.67. The summed E-state index contributed by atoms with van der Waals surface area (Å²) in [5, 5.41) is 0. The largest absolute Gasteiger partial charge is 0.463 e. The van der Waals surface area contributed by atoms with Gasteiger partial charge in [0.05, 0.1) is 0 Å². The maximum atomic E-state index is 12.3. The van der Waals surface area contributed by atoms with E-state index in [1.807, 2.05) is 0 Å². The minimum absolute atomic E-state index is 0.652. The number of carbonyl (C=O) groups excluding carboxylic acids is 7. The van der Waals surface area contributed by atoms with Gasteiger partial charge in [-0.2, -0.15) is 0 Å². The molecule has 37 heavy (non-hydrogen) atoms. The summed E-state index contributed by atoms with van der Waals surface area (Å²) in [5.74, 6) is -9.14. The van der Waals surface area contributed by atoms with E-state index in [1.54, 1.807) is 0 Å². The van der Waals surface area contributed by atoms with Crippen LogP contribution < -0.4 is 0 Å². The quantitative estimate of drug-likeness (QED) is 0.257. The van der Waals surface area contributed by atoms with Crippen LogP contribution in [0.3, 0.4) is 0 Å². The van der Waals surface area contributed by atoms with Crippen LogP contribution in [0.1, 0.15) is 48.5 Å². The van der Waals surface area contributed by atoms with Gasteiger partial charge >= 0.3 is 41.8 Å². The SMILES string of the molecule is CC(=O)OCC1OC(OC(C)=O)(C(COC(C)=O)OC(C)=O)C(OC(C)=O)C(OC(C)=O)C1OC(C)=O. The molecule has 0 aliphatic carbocycles. The predicted molar refractivity (Wildman–Crippen MR) is 115 cm³/mol. The molecule has 0 bridgehead atoms. The molecule has 0 N–H and O–H groups in total. The van der Waals surface area contributed by atoms with Gasteiger partial charge in [0.15, 0.2) is 12.2 Å². The molecule has 208 valence electrons. The highest BCUT2D eigenvalue weighted by molar-refractivity contribution is 5.70. The Kier molecular flexibility index (Phi) is 11.4. The van der Waals surface area contributed by atoms with Gasteiger partial charge in [-0.3, -0.25) is 33.6 Å². The number of rotatable bonds is 10. The maximum Gasteiger partial charge on any atom is 0.305 e. The van der Waals surface area contributed by atoms with E-state index >= 15 is 0 Å². The van der Waals surface area contributed by atoms with E-state index in [2.05, 4.69) is 0 Å². The molecule has 6 unspecified atom stereocenters. The Morgan fingerprint density at radius 2 is 1.16 bits per heavy atom. The van der Waals surface area contributed by atoms with Crippen LogP contribution in [0.5, 0.6) is 0 Å². The first kappa shape index (κ1) is 31.3. The van der Waals surface area contributed by atoms with Crippen molar-refractivity contribution >= 4 is 41.8 Å². The fraction of sp³-hybridized carbons (Fsp3) is 0.682. The molecule has 0 amide bonds. The number of carbonyl (C=O) groups is 7. The monoisotopic (exact) mass is 534 g/mol. The van der Waals surface area contributed by atoms with E-state index in [9.17, 15) is 33.6 Å². The third-order valence-corrected chi connectivity index (χ3v) is 4.57. The van der Waals surface area contributed by atoms with Crippen LogP contribution in [0, 0.1) is 0 Å². The molecule has 1 rings (SSSR count). The van der Waals surface area contributed by atoms with Crippen molar-refractivity contribution in [3.05, 3.63) is 0 Å². The van der Waals surface area contributed by atoms with Gasteiger partial charge in [0.25, 0.3) is 5.79 Å². The molecular formula is C22H30O15. The van der Waals surface area contributed by atoms with Crippen molar-refractivity contribution in [2.75, 3.05) is 13.2 Å². The Hall–Kier alpha value is -3.75. The number of hydrogen-bond donors (Lipinski definition) is 0. The van der Waals surface area contributed by atoms with Gasteiger partial charge in [-0.1, -0.05) is 0 Å². The summed E-state index contributed by atoms with van der Waals surface area (Å²) in [6.45, 7) is 5.55.